The Labute approximate surface area is 441 Å². The first kappa shape index (κ1) is 64.3. The van der Waals surface area contributed by atoms with Gasteiger partial charge in [0.05, 0.1) is 19.2 Å². The Kier molecular flexibility index (Phi) is 28.4. The summed E-state index contributed by atoms with van der Waals surface area (Å²) in [6, 6.07) is 0.738. The maximum atomic E-state index is 14.2. The molecule has 0 spiro atoms. The van der Waals surface area contributed by atoms with Crippen molar-refractivity contribution in [2.45, 2.75) is 168 Å². The molecular formula is C51H85N13O11. The minimum Gasteiger partial charge on any atom is -0.391 e. The summed E-state index contributed by atoms with van der Waals surface area (Å²) in [5.74, 6) is -7.53. The highest BCUT2D eigenvalue weighted by molar-refractivity contribution is 5.98. The number of carbonyl (C=O) groups excluding carboxylic acids is 10. The molecule has 420 valence electrons. The first-order valence-electron chi connectivity index (χ1n) is 26.1. The van der Waals surface area contributed by atoms with Crippen molar-refractivity contribution in [2.75, 3.05) is 39.8 Å². The van der Waals surface area contributed by atoms with Crippen molar-refractivity contribution < 1.29 is 53.1 Å². The summed E-state index contributed by atoms with van der Waals surface area (Å²) in [4.78, 5) is 141. The number of guanidine groups is 1. The molecule has 13 N–H and O–H groups in total. The number of nitrogens with one attached hydrogen (secondary N) is 8. The van der Waals surface area contributed by atoms with Crippen LogP contribution in [0.15, 0.2) is 35.3 Å². The lowest BCUT2D eigenvalue weighted by Gasteiger charge is -2.32. The molecule has 0 aliphatic carbocycles. The summed E-state index contributed by atoms with van der Waals surface area (Å²) in [6.07, 6.45) is 1.61. The van der Waals surface area contributed by atoms with Gasteiger partial charge in [-0.25, -0.2) is 0 Å². The fourth-order valence-electron chi connectivity index (χ4n) is 8.23. The van der Waals surface area contributed by atoms with Gasteiger partial charge in [-0.15, -0.1) is 0 Å². The Morgan fingerprint density at radius 3 is 1.79 bits per heavy atom. The van der Waals surface area contributed by atoms with Gasteiger partial charge in [0.25, 0.3) is 0 Å². The van der Waals surface area contributed by atoms with Gasteiger partial charge >= 0.3 is 0 Å². The molecule has 75 heavy (non-hydrogen) atoms. The first-order valence-corrected chi connectivity index (χ1v) is 26.1. The van der Waals surface area contributed by atoms with E-state index in [9.17, 15) is 53.1 Å². The van der Waals surface area contributed by atoms with Gasteiger partial charge in [-0.05, 0) is 76.2 Å². The Morgan fingerprint density at radius 1 is 0.707 bits per heavy atom. The molecule has 1 saturated heterocycles. The highest BCUT2D eigenvalue weighted by Gasteiger charge is 2.40. The van der Waals surface area contributed by atoms with E-state index in [-0.39, 0.29) is 50.1 Å². The highest BCUT2D eigenvalue weighted by Crippen LogP contribution is 2.21. The summed E-state index contributed by atoms with van der Waals surface area (Å²) in [5, 5.41) is 32.2. The molecule has 0 aromatic heterocycles. The number of likely N-dealkylation sites (tertiary alicyclic amines) is 1. The van der Waals surface area contributed by atoms with Crippen LogP contribution < -0.4 is 54.0 Å². The third-order valence-corrected chi connectivity index (χ3v) is 13.2. The van der Waals surface area contributed by atoms with Crippen molar-refractivity contribution >= 4 is 65.0 Å². The number of hydrogen-bond acceptors (Lipinski definition) is 12. The quantitative estimate of drug-likeness (QED) is 0.0225. The number of aliphatic hydroxyl groups is 1. The average Bonchev–Trinajstić information content (AvgIpc) is 3.87. The second-order valence-corrected chi connectivity index (χ2v) is 19.2. The molecule has 24 nitrogen and oxygen atoms in total. The largest absolute Gasteiger partial charge is 0.391 e. The van der Waals surface area contributed by atoms with Crippen LogP contribution in [-0.4, -0.2) is 168 Å². The number of rotatable bonds is 32. The van der Waals surface area contributed by atoms with Gasteiger partial charge in [0.2, 0.25) is 59.1 Å². The highest BCUT2D eigenvalue weighted by atomic mass is 16.3. The number of nitrogens with zero attached hydrogens (tertiary/aromatic N) is 3. The van der Waals surface area contributed by atoms with Crippen molar-refractivity contribution in [1.82, 2.24) is 52.3 Å². The molecule has 10 amide bonds. The maximum absolute atomic E-state index is 14.2. The Hall–Kier alpha value is -6.85. The smallest absolute Gasteiger partial charge is 0.245 e. The molecule has 0 bridgehead atoms. The normalized spacial score (nSPS) is 16.6. The number of amides is 10. The Morgan fingerprint density at radius 2 is 1.25 bits per heavy atom. The van der Waals surface area contributed by atoms with Gasteiger partial charge in [0.1, 0.15) is 42.3 Å². The monoisotopic (exact) mass is 1060 g/mol. The van der Waals surface area contributed by atoms with E-state index in [2.05, 4.69) is 47.5 Å². The number of hydrogen-bond donors (Lipinski definition) is 11. The van der Waals surface area contributed by atoms with Crippen molar-refractivity contribution in [3.63, 3.8) is 0 Å². The number of carbonyl (C=O) groups is 10. The van der Waals surface area contributed by atoms with Gasteiger partial charge in [0.15, 0.2) is 5.96 Å². The van der Waals surface area contributed by atoms with Crippen LogP contribution in [-0.2, 0) is 54.4 Å². The number of benzene rings is 1. The van der Waals surface area contributed by atoms with Crippen LogP contribution in [0, 0.1) is 11.8 Å². The third-order valence-electron chi connectivity index (χ3n) is 13.2. The third kappa shape index (κ3) is 21.9. The molecular weight excluding hydrogens is 971 g/mol. The molecule has 1 aliphatic rings. The SMILES string of the molecule is CCC[C@H](NC(=O)[C@@H](NC(=O)[C@H](NC(=O)[C@H](CCc1ccccc1)NC(=O)CNC(=O)CN(C)C(C)=O)C(C)CC)[C@@H](C)O)C(=O)N[C@H](C(=O)N[C@@H](CCCN=C(N)N)C(=O)N1CCC[C@H]1C(=O)NCC)[C@@H](C)CC. The zero-order valence-corrected chi connectivity index (χ0v) is 45.3. The van der Waals surface area contributed by atoms with Gasteiger partial charge in [0, 0.05) is 33.6 Å². The van der Waals surface area contributed by atoms with Crippen molar-refractivity contribution in [1.29, 1.82) is 0 Å². The molecule has 1 aliphatic heterocycles. The summed E-state index contributed by atoms with van der Waals surface area (Å²) in [7, 11) is 1.43. The molecule has 1 aromatic rings. The van der Waals surface area contributed by atoms with Crippen LogP contribution in [0.1, 0.15) is 119 Å². The Bertz CT molecular complexity index is 2110. The summed E-state index contributed by atoms with van der Waals surface area (Å²) < 4.78 is 0. The van der Waals surface area contributed by atoms with Crippen LogP contribution in [0.5, 0.6) is 0 Å². The molecule has 0 saturated carbocycles. The first-order chi connectivity index (χ1) is 35.5. The van der Waals surface area contributed by atoms with Crippen molar-refractivity contribution in [3.05, 3.63) is 35.9 Å². The zero-order chi connectivity index (χ0) is 56.4. The van der Waals surface area contributed by atoms with Crippen LogP contribution >= 0.6 is 0 Å². The second kappa shape index (κ2) is 33.1. The van der Waals surface area contributed by atoms with E-state index in [1.54, 1.807) is 34.6 Å². The molecule has 24 heteroatoms. The van der Waals surface area contributed by atoms with E-state index in [0.29, 0.717) is 58.0 Å². The molecule has 2 rings (SSSR count). The average molecular weight is 1060 g/mol. The lowest BCUT2D eigenvalue weighted by atomic mass is 9.96. The number of nitrogens with two attached hydrogens (primary N) is 2. The predicted molar refractivity (Wildman–Crippen MR) is 281 cm³/mol. The molecule has 1 heterocycles. The number of aliphatic hydroxyl groups excluding tert-OH is 1. The number of aryl methyl sites for hydroxylation is 1. The standard InChI is InChI=1S/C51H85N13O11/c1-10-19-35(44(69)60-41(30(5)11-2)47(72)59-37(22-17-26-55-51(52)53)50(75)64-27-18-23-38(64)46(71)54-13-4)58-49(74)43(32(7)65)62-48(73)42(31(6)12-3)61-45(70)36(25-24-34-20-15-14-16-21-34)57-39(67)28-56-40(68)29-63(9)33(8)66/h14-16,20-21,30-32,35-38,41-43,65H,10-13,17-19,22-29H2,1-9H3,(H,54,71)(H,56,68)(H,57,67)(H,58,74)(H,59,72)(H,60,69)(H,61,70)(H,62,73)(H4,52,53,55)/t30-,31?,32+,35-,36-,37-,38-,41-,42+,43-/m0/s1. The molecule has 0 radical (unpaired) electrons. The Balaban J connectivity index is 2.34. The van der Waals surface area contributed by atoms with Crippen LogP contribution in [0.4, 0.5) is 0 Å². The maximum Gasteiger partial charge on any atom is 0.245 e. The van der Waals surface area contributed by atoms with Crippen LogP contribution in [0.25, 0.3) is 0 Å². The van der Waals surface area contributed by atoms with Gasteiger partial charge in [-0.3, -0.25) is 52.9 Å². The molecule has 1 unspecified atom stereocenters. The summed E-state index contributed by atoms with van der Waals surface area (Å²) >= 11 is 0. The van der Waals surface area contributed by atoms with E-state index in [0.717, 1.165) is 10.5 Å². The minimum atomic E-state index is -1.64. The van der Waals surface area contributed by atoms with Crippen LogP contribution in [0.3, 0.4) is 0 Å². The predicted octanol–water partition coefficient (Wildman–Crippen LogP) is -1.42. The van der Waals surface area contributed by atoms with Crippen LogP contribution in [0.2, 0.25) is 0 Å². The summed E-state index contributed by atoms with van der Waals surface area (Å²) in [6.45, 7) is 13.2. The fourth-order valence-corrected chi connectivity index (χ4v) is 8.23. The second-order valence-electron chi connectivity index (χ2n) is 19.2. The van der Waals surface area contributed by atoms with E-state index < -0.39 is 114 Å². The minimum absolute atomic E-state index is 0.0791. The zero-order valence-electron chi connectivity index (χ0n) is 45.3. The lowest BCUT2D eigenvalue weighted by Crippen LogP contribution is -2.63. The van der Waals surface area contributed by atoms with E-state index in [1.165, 1.54) is 25.8 Å². The molecule has 1 fully saturated rings. The van der Waals surface area contributed by atoms with Gasteiger partial charge in [-0.2, -0.15) is 0 Å². The summed E-state index contributed by atoms with van der Waals surface area (Å²) in [5.41, 5.74) is 11.9. The topological polar surface area (TPSA) is 358 Å². The van der Waals surface area contributed by atoms with E-state index >= 15 is 0 Å². The molecule has 1 aromatic carbocycles. The fraction of sp³-hybridized carbons (Fsp3) is 0.667. The van der Waals surface area contributed by atoms with Gasteiger partial charge < -0.3 is 68.9 Å². The van der Waals surface area contributed by atoms with Crippen molar-refractivity contribution in [2.24, 2.45) is 28.3 Å². The van der Waals surface area contributed by atoms with Crippen molar-refractivity contribution in [3.8, 4) is 0 Å². The lowest BCUT2D eigenvalue weighted by molar-refractivity contribution is -0.142. The van der Waals surface area contributed by atoms with E-state index in [1.807, 2.05) is 37.3 Å². The number of aliphatic imine (C=N–C) groups is 1. The molecule has 10 atom stereocenters. The number of likely N-dealkylation sites (N-methyl/N-ethyl adjacent to an activating group) is 2. The van der Waals surface area contributed by atoms with E-state index in [4.69, 9.17) is 11.5 Å². The van der Waals surface area contributed by atoms with Gasteiger partial charge in [-0.1, -0.05) is 84.2 Å².